The molecule has 1 fully saturated rings. The largest absolute Gasteiger partial charge is 0.356 e. The normalized spacial score (nSPS) is 16.8. The summed E-state index contributed by atoms with van der Waals surface area (Å²) in [5.41, 5.74) is 0.806. The van der Waals surface area contributed by atoms with Crippen molar-refractivity contribution in [3.8, 4) is 0 Å². The minimum Gasteiger partial charge on any atom is -0.356 e. The Hall–Kier alpha value is -1.17. The van der Waals surface area contributed by atoms with Gasteiger partial charge in [-0.1, -0.05) is 6.07 Å². The van der Waals surface area contributed by atoms with Crippen LogP contribution in [0.2, 0.25) is 0 Å². The quantitative estimate of drug-likeness (QED) is 0.786. The first-order chi connectivity index (χ1) is 8.56. The topological polar surface area (TPSA) is 50.3 Å². The van der Waals surface area contributed by atoms with Crippen LogP contribution < -0.4 is 4.90 Å². The van der Waals surface area contributed by atoms with E-state index in [1.165, 1.54) is 6.42 Å². The van der Waals surface area contributed by atoms with Gasteiger partial charge in [0.2, 0.25) is 0 Å². The van der Waals surface area contributed by atoms with Crippen LogP contribution in [-0.4, -0.2) is 32.2 Å². The summed E-state index contributed by atoms with van der Waals surface area (Å²) in [5.74, 6) is 0.334. The maximum Gasteiger partial charge on any atom is 0.302 e. The fourth-order valence-electron chi connectivity index (χ4n) is 2.25. The lowest BCUT2D eigenvalue weighted by Gasteiger charge is -2.29. The van der Waals surface area contributed by atoms with Crippen LogP contribution in [-0.2, 0) is 16.6 Å². The van der Waals surface area contributed by atoms with Gasteiger partial charge in [-0.15, -0.1) is 3.89 Å². The second kappa shape index (κ2) is 5.65. The van der Waals surface area contributed by atoms with Gasteiger partial charge in [-0.3, -0.25) is 0 Å². The van der Waals surface area contributed by atoms with Gasteiger partial charge in [-0.05, 0) is 37.3 Å². The molecule has 0 radical (unpaired) electrons. The highest BCUT2D eigenvalue weighted by molar-refractivity contribution is 7.86. The average molecular weight is 272 g/mol. The van der Waals surface area contributed by atoms with Gasteiger partial charge >= 0.3 is 10.2 Å². The predicted molar refractivity (Wildman–Crippen MR) is 68.9 cm³/mol. The number of hydrogen-bond acceptors (Lipinski definition) is 4. The summed E-state index contributed by atoms with van der Waals surface area (Å²) in [6, 6.07) is 3.58. The molecule has 1 aromatic heterocycles. The van der Waals surface area contributed by atoms with Crippen molar-refractivity contribution in [1.82, 2.24) is 4.98 Å². The number of nitrogens with zero attached hydrogens (tertiary/aromatic N) is 2. The molecular weight excluding hydrogens is 255 g/mol. The molecular formula is C12H17FN2O2S. The summed E-state index contributed by atoms with van der Waals surface area (Å²) in [5, 5.41) is 0. The van der Waals surface area contributed by atoms with Crippen LogP contribution in [0.5, 0.6) is 0 Å². The van der Waals surface area contributed by atoms with Crippen LogP contribution in [0.3, 0.4) is 0 Å². The first-order valence-electron chi connectivity index (χ1n) is 6.17. The lowest BCUT2D eigenvalue weighted by atomic mass is 10.1. The molecule has 0 aromatic carbocycles. The molecule has 18 heavy (non-hydrogen) atoms. The van der Waals surface area contributed by atoms with Crippen molar-refractivity contribution in [3.63, 3.8) is 0 Å². The van der Waals surface area contributed by atoms with Crippen LogP contribution in [0.15, 0.2) is 18.3 Å². The molecule has 1 aliphatic rings. The number of hydrogen-bond donors (Lipinski definition) is 0. The number of aromatic nitrogens is 1. The van der Waals surface area contributed by atoms with Crippen LogP contribution >= 0.6 is 0 Å². The second-order valence-electron chi connectivity index (χ2n) is 4.53. The van der Waals surface area contributed by atoms with Crippen LogP contribution in [0.25, 0.3) is 0 Å². The van der Waals surface area contributed by atoms with E-state index >= 15 is 0 Å². The van der Waals surface area contributed by atoms with E-state index in [1.54, 1.807) is 12.3 Å². The predicted octanol–water partition coefficient (Wildman–Crippen LogP) is 1.91. The zero-order chi connectivity index (χ0) is 13.0. The smallest absolute Gasteiger partial charge is 0.302 e. The van der Waals surface area contributed by atoms with E-state index in [9.17, 15) is 12.3 Å². The number of anilines is 1. The van der Waals surface area contributed by atoms with Crippen LogP contribution in [0.4, 0.5) is 9.70 Å². The number of aryl methyl sites for hydroxylation is 1. The Balaban J connectivity index is 2.14. The molecule has 6 heteroatoms. The van der Waals surface area contributed by atoms with Crippen molar-refractivity contribution in [2.75, 3.05) is 23.7 Å². The number of halogens is 1. The van der Waals surface area contributed by atoms with Crippen LogP contribution in [0.1, 0.15) is 24.8 Å². The molecule has 0 atom stereocenters. The monoisotopic (exact) mass is 272 g/mol. The molecule has 4 nitrogen and oxygen atoms in total. The maximum atomic E-state index is 12.6. The maximum absolute atomic E-state index is 12.6. The molecule has 1 aromatic rings. The van der Waals surface area contributed by atoms with Gasteiger partial charge in [-0.2, -0.15) is 8.42 Å². The van der Waals surface area contributed by atoms with Gasteiger partial charge in [-0.25, -0.2) is 4.98 Å². The first-order valence-corrected chi connectivity index (χ1v) is 7.73. The third-order valence-corrected chi connectivity index (χ3v) is 3.83. The summed E-state index contributed by atoms with van der Waals surface area (Å²) in [4.78, 5) is 6.47. The van der Waals surface area contributed by atoms with Gasteiger partial charge in [0.1, 0.15) is 5.82 Å². The van der Waals surface area contributed by atoms with Crippen molar-refractivity contribution in [2.24, 2.45) is 0 Å². The van der Waals surface area contributed by atoms with Gasteiger partial charge in [0, 0.05) is 19.3 Å². The van der Waals surface area contributed by atoms with Crippen LogP contribution in [0, 0.1) is 0 Å². The molecule has 1 aliphatic heterocycles. The Morgan fingerprint density at radius 3 is 2.67 bits per heavy atom. The second-order valence-corrected chi connectivity index (χ2v) is 6.01. The van der Waals surface area contributed by atoms with Gasteiger partial charge in [0.05, 0.1) is 5.75 Å². The van der Waals surface area contributed by atoms with Gasteiger partial charge in [0.15, 0.2) is 0 Å². The molecule has 2 rings (SSSR count). The molecule has 0 amide bonds. The highest BCUT2D eigenvalue weighted by Crippen LogP contribution is 2.22. The Kier molecular flexibility index (Phi) is 4.16. The van der Waals surface area contributed by atoms with E-state index in [2.05, 4.69) is 9.88 Å². The SMILES string of the molecule is O=S(=O)(F)CCc1cccnc1N1CCCCC1. The fourth-order valence-corrected chi connectivity index (χ4v) is 2.71. The van der Waals surface area contributed by atoms with E-state index in [4.69, 9.17) is 0 Å². The molecule has 1 saturated heterocycles. The van der Waals surface area contributed by atoms with E-state index in [-0.39, 0.29) is 6.42 Å². The molecule has 0 saturated carbocycles. The van der Waals surface area contributed by atoms with Crippen molar-refractivity contribution in [3.05, 3.63) is 23.9 Å². The van der Waals surface area contributed by atoms with Crippen molar-refractivity contribution >= 4 is 16.0 Å². The van der Waals surface area contributed by atoms with Gasteiger partial charge in [0.25, 0.3) is 0 Å². The van der Waals surface area contributed by atoms with E-state index in [1.807, 2.05) is 6.07 Å². The van der Waals surface area contributed by atoms with E-state index in [0.29, 0.717) is 0 Å². The minimum atomic E-state index is -4.42. The third-order valence-electron chi connectivity index (χ3n) is 3.14. The summed E-state index contributed by atoms with van der Waals surface area (Å²) in [7, 11) is -4.42. The lowest BCUT2D eigenvalue weighted by molar-refractivity contribution is 0.550. The highest BCUT2D eigenvalue weighted by atomic mass is 32.3. The summed E-state index contributed by atoms with van der Waals surface area (Å²) >= 11 is 0. The zero-order valence-electron chi connectivity index (χ0n) is 10.2. The third kappa shape index (κ3) is 3.66. The van der Waals surface area contributed by atoms with Crippen molar-refractivity contribution in [2.45, 2.75) is 25.7 Å². The molecule has 0 bridgehead atoms. The lowest BCUT2D eigenvalue weighted by Crippen LogP contribution is -2.31. The van der Waals surface area contributed by atoms with Crippen molar-refractivity contribution in [1.29, 1.82) is 0 Å². The Bertz CT molecular complexity index is 499. The average Bonchev–Trinajstić information content (AvgIpc) is 2.37. The number of rotatable bonds is 4. The molecule has 100 valence electrons. The standard InChI is InChI=1S/C12H17FN2O2S/c13-18(16,17)10-6-11-5-4-7-14-12(11)15-8-2-1-3-9-15/h4-5,7H,1-3,6,8-10H2. The Morgan fingerprint density at radius 1 is 1.28 bits per heavy atom. The summed E-state index contributed by atoms with van der Waals surface area (Å²) < 4.78 is 33.8. The molecule has 0 spiro atoms. The van der Waals surface area contributed by atoms with Crippen molar-refractivity contribution < 1.29 is 12.3 Å². The minimum absolute atomic E-state index is 0.179. The molecule has 2 heterocycles. The molecule has 0 aliphatic carbocycles. The first kappa shape index (κ1) is 13.3. The number of pyridine rings is 1. The summed E-state index contributed by atoms with van der Waals surface area (Å²) in [6.07, 6.45) is 5.34. The fraction of sp³-hybridized carbons (Fsp3) is 0.583. The summed E-state index contributed by atoms with van der Waals surface area (Å²) in [6.45, 7) is 1.87. The molecule has 0 N–H and O–H groups in total. The van der Waals surface area contributed by atoms with Gasteiger partial charge < -0.3 is 4.90 Å². The Labute approximate surface area is 107 Å². The van der Waals surface area contributed by atoms with E-state index in [0.717, 1.165) is 37.3 Å². The highest BCUT2D eigenvalue weighted by Gasteiger charge is 2.17. The Morgan fingerprint density at radius 2 is 2.00 bits per heavy atom. The zero-order valence-corrected chi connectivity index (χ0v) is 11.0. The number of piperidine rings is 1. The molecule has 0 unspecified atom stereocenters. The van der Waals surface area contributed by atoms with E-state index < -0.39 is 16.0 Å².